The smallest absolute Gasteiger partial charge is 0.340 e. The number of esters is 1. The van der Waals surface area contributed by atoms with Crippen molar-refractivity contribution in [1.29, 1.82) is 0 Å². The van der Waals surface area contributed by atoms with E-state index in [2.05, 4.69) is 4.74 Å². The molecule has 2 aromatic rings. The lowest BCUT2D eigenvalue weighted by molar-refractivity contribution is 0.0595. The zero-order valence-corrected chi connectivity index (χ0v) is 9.61. The van der Waals surface area contributed by atoms with E-state index in [1.807, 2.05) is 0 Å². The molecule has 0 heterocycles. The third-order valence-corrected chi connectivity index (χ3v) is 2.55. The van der Waals surface area contributed by atoms with Gasteiger partial charge in [-0.1, -0.05) is 30.3 Å². The number of carbonyl (C=O) groups is 1. The van der Waals surface area contributed by atoms with Crippen LogP contribution in [0.5, 0.6) is 0 Å². The summed E-state index contributed by atoms with van der Waals surface area (Å²) in [6.45, 7) is 0. The number of benzene rings is 2. The molecular formula is C14H10F2O2. The maximum atomic E-state index is 13.8. The summed E-state index contributed by atoms with van der Waals surface area (Å²) in [5, 5.41) is 0. The molecule has 0 aromatic heterocycles. The minimum Gasteiger partial charge on any atom is -0.465 e. The van der Waals surface area contributed by atoms with Gasteiger partial charge < -0.3 is 4.74 Å². The van der Waals surface area contributed by atoms with Gasteiger partial charge in [-0.15, -0.1) is 0 Å². The van der Waals surface area contributed by atoms with Gasteiger partial charge in [-0.25, -0.2) is 13.6 Å². The number of hydrogen-bond acceptors (Lipinski definition) is 2. The molecule has 2 aromatic carbocycles. The monoisotopic (exact) mass is 248 g/mol. The molecule has 4 heteroatoms. The van der Waals surface area contributed by atoms with E-state index in [0.717, 1.165) is 19.2 Å². The fourth-order valence-electron chi connectivity index (χ4n) is 1.65. The summed E-state index contributed by atoms with van der Waals surface area (Å²) in [5.41, 5.74) is 0.251. The average molecular weight is 248 g/mol. The van der Waals surface area contributed by atoms with E-state index < -0.39 is 23.2 Å². The molecule has 0 radical (unpaired) electrons. The number of carbonyl (C=O) groups excluding carboxylic acids is 1. The van der Waals surface area contributed by atoms with Crippen LogP contribution in [0.3, 0.4) is 0 Å². The van der Waals surface area contributed by atoms with Crippen LogP contribution >= 0.6 is 0 Å². The second-order valence-electron chi connectivity index (χ2n) is 3.67. The number of rotatable bonds is 2. The Morgan fingerprint density at radius 3 is 2.33 bits per heavy atom. The normalized spacial score (nSPS) is 10.2. The second kappa shape index (κ2) is 4.96. The van der Waals surface area contributed by atoms with Gasteiger partial charge in [-0.2, -0.15) is 0 Å². The van der Waals surface area contributed by atoms with Crippen molar-refractivity contribution in [3.63, 3.8) is 0 Å². The van der Waals surface area contributed by atoms with Gasteiger partial charge in [0.05, 0.1) is 12.7 Å². The van der Waals surface area contributed by atoms with Gasteiger partial charge in [0.1, 0.15) is 11.6 Å². The number of methoxy groups -OCH3 is 1. The summed E-state index contributed by atoms with van der Waals surface area (Å²) < 4.78 is 31.9. The molecule has 0 spiro atoms. The minimum atomic E-state index is -0.897. The van der Waals surface area contributed by atoms with Crippen molar-refractivity contribution in [2.24, 2.45) is 0 Å². The van der Waals surface area contributed by atoms with E-state index in [0.29, 0.717) is 5.56 Å². The first-order chi connectivity index (χ1) is 8.63. The second-order valence-corrected chi connectivity index (χ2v) is 3.67. The molecule has 0 aliphatic carbocycles. The molecule has 2 rings (SSSR count). The Hall–Kier alpha value is -2.23. The lowest BCUT2D eigenvalue weighted by Crippen LogP contribution is -2.05. The van der Waals surface area contributed by atoms with E-state index in [4.69, 9.17) is 0 Å². The van der Waals surface area contributed by atoms with Crippen molar-refractivity contribution >= 4 is 5.97 Å². The Labute approximate surface area is 103 Å². The minimum absolute atomic E-state index is 0.112. The quantitative estimate of drug-likeness (QED) is 0.761. The first-order valence-electron chi connectivity index (χ1n) is 5.26. The highest BCUT2D eigenvalue weighted by Gasteiger charge is 2.17. The van der Waals surface area contributed by atoms with Crippen LogP contribution in [0.4, 0.5) is 8.78 Å². The number of hydrogen-bond donors (Lipinski definition) is 0. The molecule has 0 atom stereocenters. The third kappa shape index (κ3) is 2.22. The van der Waals surface area contributed by atoms with Crippen molar-refractivity contribution in [1.82, 2.24) is 0 Å². The highest BCUT2D eigenvalue weighted by Crippen LogP contribution is 2.25. The Balaban J connectivity index is 2.53. The summed E-state index contributed by atoms with van der Waals surface area (Å²) in [7, 11) is 1.12. The summed E-state index contributed by atoms with van der Waals surface area (Å²) in [5.74, 6) is -2.36. The highest BCUT2D eigenvalue weighted by molar-refractivity contribution is 5.90. The maximum Gasteiger partial charge on any atom is 0.340 e. The number of ether oxygens (including phenoxy) is 1. The van der Waals surface area contributed by atoms with E-state index in [1.165, 1.54) is 0 Å². The Kier molecular flexibility index (Phi) is 3.37. The lowest BCUT2D eigenvalue weighted by Gasteiger charge is -2.07. The molecule has 0 fully saturated rings. The first-order valence-corrected chi connectivity index (χ1v) is 5.26. The van der Waals surface area contributed by atoms with Crippen molar-refractivity contribution in [2.45, 2.75) is 0 Å². The van der Waals surface area contributed by atoms with Crippen LogP contribution in [0.25, 0.3) is 11.1 Å². The largest absolute Gasteiger partial charge is 0.465 e. The Morgan fingerprint density at radius 1 is 1.06 bits per heavy atom. The van der Waals surface area contributed by atoms with Crippen molar-refractivity contribution in [3.8, 4) is 11.1 Å². The molecule has 0 saturated carbocycles. The zero-order chi connectivity index (χ0) is 13.1. The van der Waals surface area contributed by atoms with Crippen LogP contribution in [0.15, 0.2) is 42.5 Å². The predicted octanol–water partition coefficient (Wildman–Crippen LogP) is 3.42. The van der Waals surface area contributed by atoms with Crippen LogP contribution in [0.1, 0.15) is 10.4 Å². The standard InChI is InChI=1S/C14H10F2O2/c1-18-14(17)11-8-12(15)10(7-13(11)16)9-5-3-2-4-6-9/h2-8H,1H3. The molecule has 0 bridgehead atoms. The van der Waals surface area contributed by atoms with Gasteiger partial charge in [0, 0.05) is 5.56 Å². The van der Waals surface area contributed by atoms with Crippen LogP contribution in [0, 0.1) is 11.6 Å². The van der Waals surface area contributed by atoms with E-state index >= 15 is 0 Å². The summed E-state index contributed by atoms with van der Waals surface area (Å²) in [6, 6.07) is 10.4. The number of halogens is 2. The fraction of sp³-hybridized carbons (Fsp3) is 0.0714. The predicted molar refractivity (Wildman–Crippen MR) is 63.1 cm³/mol. The molecule has 2 nitrogen and oxygen atoms in total. The maximum absolute atomic E-state index is 13.8. The molecular weight excluding hydrogens is 238 g/mol. The summed E-state index contributed by atoms with van der Waals surface area (Å²) in [6.07, 6.45) is 0. The highest BCUT2D eigenvalue weighted by atomic mass is 19.1. The van der Waals surface area contributed by atoms with Gasteiger partial charge in [0.2, 0.25) is 0 Å². The van der Waals surface area contributed by atoms with Crippen molar-refractivity contribution in [3.05, 3.63) is 59.7 Å². The molecule has 0 unspecified atom stereocenters. The molecule has 0 N–H and O–H groups in total. The summed E-state index contributed by atoms with van der Waals surface area (Å²) in [4.78, 5) is 11.2. The van der Waals surface area contributed by atoms with E-state index in [9.17, 15) is 13.6 Å². The van der Waals surface area contributed by atoms with Crippen molar-refractivity contribution in [2.75, 3.05) is 7.11 Å². The molecule has 92 valence electrons. The molecule has 0 aliphatic rings. The van der Waals surface area contributed by atoms with Crippen LogP contribution in [-0.4, -0.2) is 13.1 Å². The zero-order valence-electron chi connectivity index (χ0n) is 9.61. The van der Waals surface area contributed by atoms with Gasteiger partial charge in [0.25, 0.3) is 0 Å². The molecule has 0 saturated heterocycles. The summed E-state index contributed by atoms with van der Waals surface area (Å²) >= 11 is 0. The van der Waals surface area contributed by atoms with Gasteiger partial charge in [0.15, 0.2) is 0 Å². The first kappa shape index (κ1) is 12.2. The average Bonchev–Trinajstić information content (AvgIpc) is 2.41. The van der Waals surface area contributed by atoms with E-state index in [1.54, 1.807) is 30.3 Å². The third-order valence-electron chi connectivity index (χ3n) is 2.55. The molecule has 18 heavy (non-hydrogen) atoms. The Bertz CT molecular complexity index is 580. The van der Waals surface area contributed by atoms with Crippen LogP contribution in [0.2, 0.25) is 0 Å². The van der Waals surface area contributed by atoms with Gasteiger partial charge in [-0.05, 0) is 17.7 Å². The Morgan fingerprint density at radius 2 is 1.72 bits per heavy atom. The van der Waals surface area contributed by atoms with E-state index in [-0.39, 0.29) is 5.56 Å². The molecule has 0 amide bonds. The topological polar surface area (TPSA) is 26.3 Å². The van der Waals surface area contributed by atoms with Crippen molar-refractivity contribution < 1.29 is 18.3 Å². The fourth-order valence-corrected chi connectivity index (χ4v) is 1.65. The lowest BCUT2D eigenvalue weighted by atomic mass is 10.0. The van der Waals surface area contributed by atoms with Crippen LogP contribution < -0.4 is 0 Å². The van der Waals surface area contributed by atoms with Crippen LogP contribution in [-0.2, 0) is 4.74 Å². The SMILES string of the molecule is COC(=O)c1cc(F)c(-c2ccccc2)cc1F. The van der Waals surface area contributed by atoms with Gasteiger partial charge in [-0.3, -0.25) is 0 Å². The van der Waals surface area contributed by atoms with Gasteiger partial charge >= 0.3 is 5.97 Å². The molecule has 0 aliphatic heterocycles.